The molecule has 0 aliphatic heterocycles. The topological polar surface area (TPSA) is 105 Å². The molecule has 29 heavy (non-hydrogen) atoms. The van der Waals surface area contributed by atoms with Gasteiger partial charge in [-0.2, -0.15) is 5.10 Å². The van der Waals surface area contributed by atoms with E-state index in [-0.39, 0.29) is 17.2 Å². The van der Waals surface area contributed by atoms with Crippen LogP contribution in [0, 0.1) is 6.92 Å². The van der Waals surface area contributed by atoms with Gasteiger partial charge in [0.25, 0.3) is 16.7 Å². The van der Waals surface area contributed by atoms with Crippen molar-refractivity contribution < 1.29 is 9.21 Å². The van der Waals surface area contributed by atoms with Gasteiger partial charge in [-0.25, -0.2) is 15.1 Å². The first-order valence-electron chi connectivity index (χ1n) is 8.79. The Hall–Kier alpha value is -3.59. The summed E-state index contributed by atoms with van der Waals surface area (Å²) in [5.74, 6) is -0.241. The van der Waals surface area contributed by atoms with Gasteiger partial charge in [-0.05, 0) is 31.2 Å². The molecule has 2 heterocycles. The van der Waals surface area contributed by atoms with Crippen molar-refractivity contribution >= 4 is 35.0 Å². The summed E-state index contributed by atoms with van der Waals surface area (Å²) in [5.41, 5.74) is 5.34. The number of carbonyl (C=O) groups excluding carboxylic acids is 1. The maximum Gasteiger partial charge on any atom is 0.280 e. The number of rotatable bonds is 6. The van der Waals surface area contributed by atoms with Gasteiger partial charge in [0.1, 0.15) is 5.52 Å². The molecular weight excluding hydrogens is 390 g/mol. The van der Waals surface area contributed by atoms with Gasteiger partial charge in [-0.15, -0.1) is 0 Å². The Kier molecular flexibility index (Phi) is 5.30. The number of thioether (sulfide) groups is 1. The van der Waals surface area contributed by atoms with E-state index in [0.717, 1.165) is 11.2 Å². The molecule has 4 rings (SSSR count). The van der Waals surface area contributed by atoms with Crippen LogP contribution in [0.3, 0.4) is 0 Å². The van der Waals surface area contributed by atoms with Gasteiger partial charge in [-0.3, -0.25) is 14.7 Å². The van der Waals surface area contributed by atoms with E-state index in [0.29, 0.717) is 22.1 Å². The highest BCUT2D eigenvalue weighted by molar-refractivity contribution is 7.99. The number of H-pyrrole nitrogens is 1. The van der Waals surface area contributed by atoms with E-state index in [1.54, 1.807) is 6.92 Å². The minimum atomic E-state index is -0.329. The number of aromatic nitrogens is 3. The van der Waals surface area contributed by atoms with Crippen molar-refractivity contribution in [2.75, 3.05) is 5.75 Å². The summed E-state index contributed by atoms with van der Waals surface area (Å²) >= 11 is 1.17. The maximum atomic E-state index is 12.6. The third-order valence-corrected chi connectivity index (χ3v) is 4.94. The number of aromatic amines is 1. The highest BCUT2D eigenvalue weighted by atomic mass is 32.2. The summed E-state index contributed by atoms with van der Waals surface area (Å²) in [5, 5.41) is 7.32. The molecule has 2 aromatic heterocycles. The Morgan fingerprint density at radius 2 is 2.00 bits per heavy atom. The fourth-order valence-electron chi connectivity index (χ4n) is 2.71. The summed E-state index contributed by atoms with van der Waals surface area (Å²) in [6, 6.07) is 16.6. The molecule has 2 N–H and O–H groups in total. The first-order chi connectivity index (χ1) is 14.1. The van der Waals surface area contributed by atoms with Gasteiger partial charge in [0.05, 0.1) is 23.2 Å². The second-order valence-electron chi connectivity index (χ2n) is 6.16. The van der Waals surface area contributed by atoms with Crippen LogP contribution < -0.4 is 11.0 Å². The SMILES string of the molecule is Cc1[nH]n(-c2ccccc2)c(=O)c1/C=N/NC(=O)CSc1nc2ccccc2o1. The zero-order chi connectivity index (χ0) is 20.2. The zero-order valence-electron chi connectivity index (χ0n) is 15.5. The van der Waals surface area contributed by atoms with Gasteiger partial charge in [0.2, 0.25) is 0 Å². The molecule has 8 nitrogen and oxygen atoms in total. The molecule has 0 bridgehead atoms. The van der Waals surface area contributed by atoms with E-state index in [2.05, 4.69) is 20.6 Å². The number of hydrogen-bond donors (Lipinski definition) is 2. The monoisotopic (exact) mass is 407 g/mol. The summed E-state index contributed by atoms with van der Waals surface area (Å²) in [6.07, 6.45) is 1.34. The average molecular weight is 407 g/mol. The van der Waals surface area contributed by atoms with Crippen molar-refractivity contribution in [2.45, 2.75) is 12.1 Å². The van der Waals surface area contributed by atoms with Crippen molar-refractivity contribution in [1.29, 1.82) is 0 Å². The van der Waals surface area contributed by atoms with Crippen LogP contribution in [-0.4, -0.2) is 32.6 Å². The summed E-state index contributed by atoms with van der Waals surface area (Å²) in [7, 11) is 0. The van der Waals surface area contributed by atoms with Crippen LogP contribution in [0.25, 0.3) is 16.8 Å². The first kappa shape index (κ1) is 18.8. The predicted molar refractivity (Wildman–Crippen MR) is 112 cm³/mol. The van der Waals surface area contributed by atoms with Gasteiger partial charge < -0.3 is 4.42 Å². The third kappa shape index (κ3) is 4.14. The Bertz CT molecular complexity index is 1210. The van der Waals surface area contributed by atoms with Crippen LogP contribution in [0.15, 0.2) is 74.1 Å². The van der Waals surface area contributed by atoms with Gasteiger partial charge in [0, 0.05) is 5.69 Å². The van der Waals surface area contributed by atoms with E-state index >= 15 is 0 Å². The van der Waals surface area contributed by atoms with Crippen molar-refractivity contribution in [3.63, 3.8) is 0 Å². The molecule has 0 aliphatic carbocycles. The summed E-state index contributed by atoms with van der Waals surface area (Å²) < 4.78 is 6.99. The Morgan fingerprint density at radius 3 is 2.79 bits per heavy atom. The lowest BCUT2D eigenvalue weighted by Gasteiger charge is -1.99. The van der Waals surface area contributed by atoms with E-state index in [4.69, 9.17) is 4.42 Å². The van der Waals surface area contributed by atoms with Crippen molar-refractivity contribution in [3.05, 3.63) is 76.2 Å². The quantitative estimate of drug-likeness (QED) is 0.290. The number of nitrogens with zero attached hydrogens (tertiary/aromatic N) is 3. The molecule has 0 saturated carbocycles. The fraction of sp³-hybridized carbons (Fsp3) is 0.100. The maximum absolute atomic E-state index is 12.6. The molecular formula is C20H17N5O3S. The molecule has 4 aromatic rings. The molecule has 0 radical (unpaired) electrons. The van der Waals surface area contributed by atoms with Crippen molar-refractivity contribution in [2.24, 2.45) is 5.10 Å². The largest absolute Gasteiger partial charge is 0.431 e. The molecule has 0 saturated heterocycles. The Labute approximate surface area is 169 Å². The predicted octanol–water partition coefficient (Wildman–Crippen LogP) is 2.86. The number of hydrogen-bond acceptors (Lipinski definition) is 6. The van der Waals surface area contributed by atoms with Crippen LogP contribution in [0.1, 0.15) is 11.3 Å². The van der Waals surface area contributed by atoms with Crippen LogP contribution in [-0.2, 0) is 4.79 Å². The number of benzene rings is 2. The molecule has 0 aliphatic rings. The number of nitrogens with one attached hydrogen (secondary N) is 2. The lowest BCUT2D eigenvalue weighted by atomic mass is 10.3. The minimum absolute atomic E-state index is 0.0878. The third-order valence-electron chi connectivity index (χ3n) is 4.12. The molecule has 0 spiro atoms. The lowest BCUT2D eigenvalue weighted by molar-refractivity contribution is -0.118. The van der Waals surface area contributed by atoms with E-state index in [1.165, 1.54) is 22.7 Å². The highest BCUT2D eigenvalue weighted by Crippen LogP contribution is 2.22. The molecule has 0 atom stereocenters. The van der Waals surface area contributed by atoms with Crippen LogP contribution in [0.4, 0.5) is 0 Å². The number of carbonyl (C=O) groups is 1. The number of amides is 1. The molecule has 0 fully saturated rings. The molecule has 146 valence electrons. The Morgan fingerprint density at radius 1 is 1.24 bits per heavy atom. The lowest BCUT2D eigenvalue weighted by Crippen LogP contribution is -2.21. The van der Waals surface area contributed by atoms with E-state index < -0.39 is 0 Å². The highest BCUT2D eigenvalue weighted by Gasteiger charge is 2.11. The molecule has 1 amide bonds. The number of para-hydroxylation sites is 3. The number of oxazole rings is 1. The second-order valence-corrected chi connectivity index (χ2v) is 7.08. The molecule has 0 unspecified atom stereocenters. The van der Waals surface area contributed by atoms with E-state index in [9.17, 15) is 9.59 Å². The smallest absolute Gasteiger partial charge is 0.280 e. The standard InChI is InChI=1S/C20H17N5O3S/c1-13-15(19(27)25(24-13)14-7-3-2-4-8-14)11-21-23-18(26)12-29-20-22-16-9-5-6-10-17(16)28-20/h2-11,24H,12H2,1H3,(H,23,26)/b21-11+. The average Bonchev–Trinajstić information content (AvgIpc) is 3.28. The van der Waals surface area contributed by atoms with Crippen molar-refractivity contribution in [1.82, 2.24) is 20.2 Å². The van der Waals surface area contributed by atoms with Gasteiger partial charge in [0.15, 0.2) is 5.58 Å². The summed E-state index contributed by atoms with van der Waals surface area (Å²) in [6.45, 7) is 1.77. The van der Waals surface area contributed by atoms with Crippen LogP contribution >= 0.6 is 11.8 Å². The normalized spacial score (nSPS) is 11.3. The van der Waals surface area contributed by atoms with Crippen LogP contribution in [0.5, 0.6) is 0 Å². The minimum Gasteiger partial charge on any atom is -0.431 e. The van der Waals surface area contributed by atoms with E-state index in [1.807, 2.05) is 54.6 Å². The Balaban J connectivity index is 1.38. The number of fused-ring (bicyclic) bond motifs is 1. The second kappa shape index (κ2) is 8.19. The fourth-order valence-corrected chi connectivity index (χ4v) is 3.34. The van der Waals surface area contributed by atoms with Crippen molar-refractivity contribution in [3.8, 4) is 5.69 Å². The molecule has 2 aromatic carbocycles. The number of aryl methyl sites for hydroxylation is 1. The van der Waals surface area contributed by atoms with Gasteiger partial charge >= 0.3 is 0 Å². The van der Waals surface area contributed by atoms with Gasteiger partial charge in [-0.1, -0.05) is 42.1 Å². The van der Waals surface area contributed by atoms with Crippen LogP contribution in [0.2, 0.25) is 0 Å². The summed E-state index contributed by atoms with van der Waals surface area (Å²) in [4.78, 5) is 28.9. The first-order valence-corrected chi connectivity index (χ1v) is 9.77. The zero-order valence-corrected chi connectivity index (χ0v) is 16.3. The molecule has 9 heteroatoms. The number of hydrazone groups is 1.